The predicted octanol–water partition coefficient (Wildman–Crippen LogP) is 4.76. The number of carbonyl (C=O) groups is 1. The van der Waals surface area contributed by atoms with E-state index in [4.69, 9.17) is 15.8 Å². The lowest BCUT2D eigenvalue weighted by Gasteiger charge is -2.25. The van der Waals surface area contributed by atoms with Gasteiger partial charge in [0.15, 0.2) is 0 Å². The first-order valence-electron chi connectivity index (χ1n) is 9.16. The van der Waals surface area contributed by atoms with Gasteiger partial charge >= 0.3 is 10.1 Å². The number of nitrogens with zero attached hydrogens (tertiary/aromatic N) is 1. The molecule has 0 bridgehead atoms. The van der Waals surface area contributed by atoms with E-state index in [-0.39, 0.29) is 17.6 Å². The van der Waals surface area contributed by atoms with E-state index in [1.807, 2.05) is 13.8 Å². The summed E-state index contributed by atoms with van der Waals surface area (Å²) >= 11 is 6.19. The zero-order chi connectivity index (χ0) is 20.9. The highest BCUT2D eigenvalue weighted by Crippen LogP contribution is 2.21. The Morgan fingerprint density at radius 2 is 1.64 bits per heavy atom. The van der Waals surface area contributed by atoms with Crippen molar-refractivity contribution in [3.8, 4) is 5.75 Å². The van der Waals surface area contributed by atoms with Crippen LogP contribution in [0.25, 0.3) is 0 Å². The van der Waals surface area contributed by atoms with Crippen LogP contribution in [0.4, 0.5) is 0 Å². The Morgan fingerprint density at radius 3 is 2.18 bits per heavy atom. The van der Waals surface area contributed by atoms with Crippen molar-refractivity contribution in [3.05, 3.63) is 64.7 Å². The molecule has 0 N–H and O–H groups in total. The molecule has 0 unspecified atom stereocenters. The first-order valence-corrected chi connectivity index (χ1v) is 11.0. The average Bonchev–Trinajstić information content (AvgIpc) is 2.62. The summed E-state index contributed by atoms with van der Waals surface area (Å²) in [5, 5.41) is -0.203. The molecule has 0 fully saturated rings. The molecule has 152 valence electrons. The van der Waals surface area contributed by atoms with E-state index >= 15 is 0 Å². The number of rotatable bonds is 8. The minimum atomic E-state index is -3.64. The molecule has 0 saturated heterocycles. The van der Waals surface area contributed by atoms with Gasteiger partial charge in [0.25, 0.3) is 5.91 Å². The SMILES string of the molecule is CC(C)CN(Cc1ccc(OS(=O)(=O)C(C)C)cc1)C(=O)c1ccccc1Cl. The lowest BCUT2D eigenvalue weighted by Crippen LogP contribution is -2.34. The zero-order valence-electron chi connectivity index (χ0n) is 16.6. The molecule has 0 aromatic heterocycles. The Labute approximate surface area is 172 Å². The quantitative estimate of drug-likeness (QED) is 0.574. The molecule has 0 aliphatic rings. The molecular formula is C21H26ClNO4S. The molecule has 0 heterocycles. The maximum atomic E-state index is 13.0. The molecule has 0 aliphatic carbocycles. The number of hydrogen-bond acceptors (Lipinski definition) is 4. The molecule has 0 saturated carbocycles. The summed E-state index contributed by atoms with van der Waals surface area (Å²) in [7, 11) is -3.64. The Morgan fingerprint density at radius 1 is 1.04 bits per heavy atom. The van der Waals surface area contributed by atoms with E-state index in [9.17, 15) is 13.2 Å². The lowest BCUT2D eigenvalue weighted by atomic mass is 10.1. The fraction of sp³-hybridized carbons (Fsp3) is 0.381. The standard InChI is InChI=1S/C21H26ClNO4S/c1-15(2)13-23(21(24)19-7-5-6-8-20(19)22)14-17-9-11-18(12-10-17)27-28(25,26)16(3)4/h5-12,15-16H,13-14H2,1-4H3. The van der Waals surface area contributed by atoms with Crippen LogP contribution in [0.1, 0.15) is 43.6 Å². The van der Waals surface area contributed by atoms with Crippen molar-refractivity contribution in [1.82, 2.24) is 4.90 Å². The van der Waals surface area contributed by atoms with Crippen molar-refractivity contribution in [2.45, 2.75) is 39.5 Å². The summed E-state index contributed by atoms with van der Waals surface area (Å²) in [6.45, 7) is 8.17. The Kier molecular flexibility index (Phi) is 7.49. The van der Waals surface area contributed by atoms with Crippen molar-refractivity contribution in [2.75, 3.05) is 6.54 Å². The fourth-order valence-electron chi connectivity index (χ4n) is 2.57. The second-order valence-electron chi connectivity index (χ2n) is 7.33. The van der Waals surface area contributed by atoms with Gasteiger partial charge in [0, 0.05) is 13.1 Å². The molecule has 2 aromatic rings. The summed E-state index contributed by atoms with van der Waals surface area (Å²) in [6.07, 6.45) is 0. The summed E-state index contributed by atoms with van der Waals surface area (Å²) in [6, 6.07) is 13.7. The minimum Gasteiger partial charge on any atom is -0.382 e. The van der Waals surface area contributed by atoms with Gasteiger partial charge in [0.2, 0.25) is 0 Å². The molecule has 2 rings (SSSR count). The summed E-state index contributed by atoms with van der Waals surface area (Å²) < 4.78 is 28.8. The molecule has 28 heavy (non-hydrogen) atoms. The average molecular weight is 424 g/mol. The normalized spacial score (nSPS) is 11.7. The Balaban J connectivity index is 2.19. The summed E-state index contributed by atoms with van der Waals surface area (Å²) in [4.78, 5) is 14.7. The van der Waals surface area contributed by atoms with Gasteiger partial charge < -0.3 is 9.08 Å². The van der Waals surface area contributed by atoms with Crippen molar-refractivity contribution in [2.24, 2.45) is 5.92 Å². The highest BCUT2D eigenvalue weighted by atomic mass is 35.5. The number of benzene rings is 2. The molecule has 1 amide bonds. The van der Waals surface area contributed by atoms with Gasteiger partial charge in [-0.05, 0) is 49.6 Å². The van der Waals surface area contributed by atoms with Crippen molar-refractivity contribution < 1.29 is 17.4 Å². The zero-order valence-corrected chi connectivity index (χ0v) is 18.1. The largest absolute Gasteiger partial charge is 0.382 e. The van der Waals surface area contributed by atoms with Crippen LogP contribution in [0, 0.1) is 5.92 Å². The van der Waals surface area contributed by atoms with Crippen LogP contribution in [0.5, 0.6) is 5.75 Å². The third kappa shape index (κ3) is 5.97. The smallest absolute Gasteiger partial charge is 0.311 e. The molecule has 0 aliphatic heterocycles. The molecule has 2 aromatic carbocycles. The van der Waals surface area contributed by atoms with Gasteiger partial charge in [-0.2, -0.15) is 8.42 Å². The van der Waals surface area contributed by atoms with Gasteiger partial charge in [-0.25, -0.2) is 0 Å². The Hall–Kier alpha value is -2.05. The van der Waals surface area contributed by atoms with Gasteiger partial charge in [-0.3, -0.25) is 4.79 Å². The van der Waals surface area contributed by atoms with Crippen LogP contribution in [-0.2, 0) is 16.7 Å². The van der Waals surface area contributed by atoms with Crippen LogP contribution in [0.2, 0.25) is 5.02 Å². The molecule has 5 nitrogen and oxygen atoms in total. The molecule has 0 atom stereocenters. The second kappa shape index (κ2) is 9.43. The van der Waals surface area contributed by atoms with E-state index in [1.165, 1.54) is 0 Å². The topological polar surface area (TPSA) is 63.7 Å². The van der Waals surface area contributed by atoms with Gasteiger partial charge in [-0.15, -0.1) is 0 Å². The fourth-order valence-corrected chi connectivity index (χ4v) is 3.35. The minimum absolute atomic E-state index is 0.137. The monoisotopic (exact) mass is 423 g/mol. The van der Waals surface area contributed by atoms with Crippen molar-refractivity contribution in [3.63, 3.8) is 0 Å². The molecular weight excluding hydrogens is 398 g/mol. The van der Waals surface area contributed by atoms with Crippen LogP contribution in [-0.4, -0.2) is 31.0 Å². The molecule has 7 heteroatoms. The highest BCUT2D eigenvalue weighted by Gasteiger charge is 2.20. The van der Waals surface area contributed by atoms with Crippen LogP contribution >= 0.6 is 11.6 Å². The predicted molar refractivity (Wildman–Crippen MR) is 112 cm³/mol. The summed E-state index contributed by atoms with van der Waals surface area (Å²) in [5.41, 5.74) is 1.34. The summed E-state index contributed by atoms with van der Waals surface area (Å²) in [5.74, 6) is 0.400. The lowest BCUT2D eigenvalue weighted by molar-refractivity contribution is 0.0723. The maximum Gasteiger partial charge on any atom is 0.311 e. The molecule has 0 spiro atoms. The third-order valence-electron chi connectivity index (χ3n) is 4.06. The van der Waals surface area contributed by atoms with E-state index < -0.39 is 15.4 Å². The highest BCUT2D eigenvalue weighted by molar-refractivity contribution is 7.87. The Bertz CT molecular complexity index is 908. The number of carbonyl (C=O) groups excluding carboxylic acids is 1. The number of halogens is 1. The van der Waals surface area contributed by atoms with Crippen molar-refractivity contribution >= 4 is 27.6 Å². The first kappa shape index (κ1) is 22.2. The van der Waals surface area contributed by atoms with Crippen molar-refractivity contribution in [1.29, 1.82) is 0 Å². The van der Waals surface area contributed by atoms with Gasteiger partial charge in [-0.1, -0.05) is 49.7 Å². The van der Waals surface area contributed by atoms with E-state index in [2.05, 4.69) is 0 Å². The van der Waals surface area contributed by atoms with Gasteiger partial charge in [0.05, 0.1) is 15.8 Å². The van der Waals surface area contributed by atoms with Crippen LogP contribution in [0.3, 0.4) is 0 Å². The van der Waals surface area contributed by atoms with Crippen LogP contribution < -0.4 is 4.18 Å². The first-order chi connectivity index (χ1) is 13.1. The van der Waals surface area contributed by atoms with Gasteiger partial charge in [0.1, 0.15) is 5.75 Å². The molecule has 0 radical (unpaired) electrons. The second-order valence-corrected chi connectivity index (χ2v) is 9.83. The van der Waals surface area contributed by atoms with E-state index in [1.54, 1.807) is 67.3 Å². The van der Waals surface area contributed by atoms with Crippen LogP contribution in [0.15, 0.2) is 48.5 Å². The van der Waals surface area contributed by atoms with E-state index in [0.717, 1.165) is 5.56 Å². The van der Waals surface area contributed by atoms with E-state index in [0.29, 0.717) is 23.7 Å². The number of amides is 1. The number of hydrogen-bond donors (Lipinski definition) is 0. The third-order valence-corrected chi connectivity index (χ3v) is 5.97. The maximum absolute atomic E-state index is 13.0.